The maximum Gasteiger partial charge on any atom is 0.355 e. The summed E-state index contributed by atoms with van der Waals surface area (Å²) in [5.41, 5.74) is 4.73. The zero-order chi connectivity index (χ0) is 27.8. The second-order valence-corrected chi connectivity index (χ2v) is 9.88. The number of carbonyl (C=O) groups is 3. The van der Waals surface area contributed by atoms with Gasteiger partial charge in [-0.2, -0.15) is 0 Å². The van der Waals surface area contributed by atoms with Gasteiger partial charge in [-0.3, -0.25) is 4.79 Å². The average Bonchev–Trinajstić information content (AvgIpc) is 3.46. The Morgan fingerprint density at radius 1 is 0.949 bits per heavy atom. The number of fused-ring (bicyclic) bond motifs is 1. The van der Waals surface area contributed by atoms with Crippen molar-refractivity contribution in [3.8, 4) is 11.3 Å². The van der Waals surface area contributed by atoms with Gasteiger partial charge in [0.15, 0.2) is 0 Å². The van der Waals surface area contributed by atoms with Crippen LogP contribution in [0.3, 0.4) is 0 Å². The summed E-state index contributed by atoms with van der Waals surface area (Å²) in [6.07, 6.45) is 0. The average molecular weight is 543 g/mol. The molecular weight excluding hydrogens is 516 g/mol. The Kier molecular flexibility index (Phi) is 7.02. The molecule has 0 radical (unpaired) electrons. The molecule has 0 bridgehead atoms. The molecule has 0 fully saturated rings. The summed E-state index contributed by atoms with van der Waals surface area (Å²) in [4.78, 5) is 40.6. The molecule has 0 spiro atoms. The molecule has 1 aliphatic rings. The number of carbonyl (C=O) groups excluding carboxylic acids is 3. The maximum atomic E-state index is 13.6. The number of nitrogens with one attached hydrogen (secondary N) is 1. The van der Waals surface area contributed by atoms with Crippen molar-refractivity contribution in [3.05, 3.63) is 111 Å². The molecule has 3 aromatic carbocycles. The molecule has 0 saturated carbocycles. The molecule has 1 aromatic heterocycles. The summed E-state index contributed by atoms with van der Waals surface area (Å²) >= 11 is 6.36. The molecule has 7 nitrogen and oxygen atoms in total. The highest BCUT2D eigenvalue weighted by atomic mass is 35.5. The quantitative estimate of drug-likeness (QED) is 0.286. The van der Waals surface area contributed by atoms with Crippen LogP contribution in [0.1, 0.15) is 62.0 Å². The number of aromatic nitrogens is 1. The zero-order valence-corrected chi connectivity index (χ0v) is 22.7. The van der Waals surface area contributed by atoms with E-state index >= 15 is 0 Å². The molecule has 0 saturated heterocycles. The summed E-state index contributed by atoms with van der Waals surface area (Å²) in [5, 5.41) is 3.34. The van der Waals surface area contributed by atoms with Crippen LogP contribution in [0.2, 0.25) is 5.02 Å². The minimum atomic E-state index is -0.934. The first kappa shape index (κ1) is 26.3. The van der Waals surface area contributed by atoms with Crippen molar-refractivity contribution in [2.75, 3.05) is 19.5 Å². The van der Waals surface area contributed by atoms with E-state index in [1.165, 1.54) is 14.2 Å². The molecule has 0 aliphatic carbocycles. The Morgan fingerprint density at radius 2 is 1.62 bits per heavy atom. The minimum Gasteiger partial charge on any atom is -0.465 e. The van der Waals surface area contributed by atoms with E-state index in [9.17, 15) is 14.4 Å². The smallest absolute Gasteiger partial charge is 0.355 e. The van der Waals surface area contributed by atoms with Gasteiger partial charge in [0.1, 0.15) is 5.69 Å². The number of aryl methyl sites for hydroxylation is 1. The second kappa shape index (κ2) is 10.4. The first-order chi connectivity index (χ1) is 18.8. The molecule has 39 heavy (non-hydrogen) atoms. The standard InChI is InChI=1S/C31H27ClN2O5/c1-17-10-12-20(13-11-17)27-25(24-22-16-21(32)14-15-23(22)33-29(24)35)26(30(36)38-3)28(31(37)39-4)34(27)18(2)19-8-6-5-7-9-19/h5-16,18,24H,1-4H3,(H,33,35). The van der Waals surface area contributed by atoms with E-state index in [2.05, 4.69) is 5.32 Å². The highest BCUT2D eigenvalue weighted by Crippen LogP contribution is 2.47. The summed E-state index contributed by atoms with van der Waals surface area (Å²) in [6, 6.07) is 22.0. The van der Waals surface area contributed by atoms with Gasteiger partial charge in [0, 0.05) is 16.3 Å². The Hall–Kier alpha value is -4.36. The van der Waals surface area contributed by atoms with Gasteiger partial charge in [-0.05, 0) is 48.7 Å². The molecule has 5 rings (SSSR count). The van der Waals surface area contributed by atoms with Crippen LogP contribution in [0.15, 0.2) is 72.8 Å². The Bertz CT molecular complexity index is 1590. The first-order valence-electron chi connectivity index (χ1n) is 12.4. The number of ether oxygens (including phenoxy) is 2. The van der Waals surface area contributed by atoms with Gasteiger partial charge in [-0.25, -0.2) is 9.59 Å². The lowest BCUT2D eigenvalue weighted by Crippen LogP contribution is -2.19. The summed E-state index contributed by atoms with van der Waals surface area (Å²) in [6.45, 7) is 3.91. The fraction of sp³-hybridized carbons (Fsp3) is 0.194. The van der Waals surface area contributed by atoms with E-state index in [4.69, 9.17) is 21.1 Å². The SMILES string of the molecule is COC(=O)c1c(C2C(=O)Nc3ccc(Cl)cc32)c(-c2ccc(C)cc2)n(C(C)c2ccccc2)c1C(=O)OC. The van der Waals surface area contributed by atoms with E-state index in [-0.39, 0.29) is 17.2 Å². The Balaban J connectivity index is 1.96. The van der Waals surface area contributed by atoms with Crippen molar-refractivity contribution in [1.82, 2.24) is 4.57 Å². The predicted molar refractivity (Wildman–Crippen MR) is 149 cm³/mol. The number of esters is 2. The van der Waals surface area contributed by atoms with Crippen molar-refractivity contribution >= 4 is 35.1 Å². The van der Waals surface area contributed by atoms with Crippen molar-refractivity contribution in [1.29, 1.82) is 0 Å². The van der Waals surface area contributed by atoms with E-state index in [0.717, 1.165) is 16.7 Å². The fourth-order valence-electron chi connectivity index (χ4n) is 5.29. The van der Waals surface area contributed by atoms with Gasteiger partial charge >= 0.3 is 11.9 Å². The highest BCUT2D eigenvalue weighted by Gasteiger charge is 2.43. The van der Waals surface area contributed by atoms with Crippen LogP contribution >= 0.6 is 11.6 Å². The van der Waals surface area contributed by atoms with Gasteiger partial charge in [0.2, 0.25) is 5.91 Å². The number of amides is 1. The zero-order valence-electron chi connectivity index (χ0n) is 21.9. The third-order valence-corrected chi connectivity index (χ3v) is 7.37. The molecule has 1 N–H and O–H groups in total. The molecule has 2 unspecified atom stereocenters. The van der Waals surface area contributed by atoms with E-state index < -0.39 is 23.9 Å². The Morgan fingerprint density at radius 3 is 2.26 bits per heavy atom. The van der Waals surface area contributed by atoms with Crippen molar-refractivity contribution in [2.24, 2.45) is 0 Å². The third-order valence-electron chi connectivity index (χ3n) is 7.14. The number of hydrogen-bond donors (Lipinski definition) is 1. The lowest BCUT2D eigenvalue weighted by molar-refractivity contribution is -0.116. The molecular formula is C31H27ClN2O5. The lowest BCUT2D eigenvalue weighted by atomic mass is 9.87. The third kappa shape index (κ3) is 4.49. The van der Waals surface area contributed by atoms with Crippen LogP contribution in [0.4, 0.5) is 5.69 Å². The molecule has 2 heterocycles. The van der Waals surface area contributed by atoms with Crippen LogP contribution in [-0.2, 0) is 14.3 Å². The van der Waals surface area contributed by atoms with E-state index in [1.807, 2.05) is 68.4 Å². The largest absolute Gasteiger partial charge is 0.465 e. The monoisotopic (exact) mass is 542 g/mol. The Labute approximate surface area is 231 Å². The van der Waals surface area contributed by atoms with Gasteiger partial charge in [-0.1, -0.05) is 71.8 Å². The summed E-state index contributed by atoms with van der Waals surface area (Å²) in [7, 11) is 2.51. The van der Waals surface area contributed by atoms with Crippen LogP contribution < -0.4 is 5.32 Å². The predicted octanol–water partition coefficient (Wildman–Crippen LogP) is 6.38. The molecule has 198 valence electrons. The van der Waals surface area contributed by atoms with Crippen molar-refractivity contribution < 1.29 is 23.9 Å². The second-order valence-electron chi connectivity index (χ2n) is 9.45. The van der Waals surface area contributed by atoms with Crippen molar-refractivity contribution in [3.63, 3.8) is 0 Å². The van der Waals surface area contributed by atoms with Crippen LogP contribution in [0.25, 0.3) is 11.3 Å². The maximum absolute atomic E-state index is 13.6. The lowest BCUT2D eigenvalue weighted by Gasteiger charge is -2.22. The van der Waals surface area contributed by atoms with Crippen LogP contribution in [0.5, 0.6) is 0 Å². The van der Waals surface area contributed by atoms with Gasteiger partial charge < -0.3 is 19.4 Å². The van der Waals surface area contributed by atoms with E-state index in [1.54, 1.807) is 22.8 Å². The molecule has 8 heteroatoms. The van der Waals surface area contributed by atoms with E-state index in [0.29, 0.717) is 27.5 Å². The number of nitrogens with zero attached hydrogens (tertiary/aromatic N) is 1. The summed E-state index contributed by atoms with van der Waals surface area (Å²) < 4.78 is 12.2. The van der Waals surface area contributed by atoms with Gasteiger partial charge in [0.25, 0.3) is 0 Å². The molecule has 4 aromatic rings. The normalized spacial score (nSPS) is 14.9. The highest BCUT2D eigenvalue weighted by molar-refractivity contribution is 6.31. The van der Waals surface area contributed by atoms with Gasteiger partial charge in [-0.15, -0.1) is 0 Å². The topological polar surface area (TPSA) is 86.6 Å². The fourth-order valence-corrected chi connectivity index (χ4v) is 5.47. The van der Waals surface area contributed by atoms with Crippen molar-refractivity contribution in [2.45, 2.75) is 25.8 Å². The van der Waals surface area contributed by atoms with Gasteiger partial charge in [0.05, 0.1) is 37.4 Å². The molecule has 1 aliphatic heterocycles. The number of anilines is 1. The minimum absolute atomic E-state index is 0.00885. The first-order valence-corrected chi connectivity index (χ1v) is 12.8. The summed E-state index contributed by atoms with van der Waals surface area (Å²) in [5.74, 6) is -2.74. The number of rotatable bonds is 6. The molecule has 1 amide bonds. The van der Waals surface area contributed by atoms with Crippen LogP contribution in [0, 0.1) is 6.92 Å². The number of benzene rings is 3. The number of halogens is 1. The van der Waals surface area contributed by atoms with Crippen LogP contribution in [-0.4, -0.2) is 36.6 Å². The number of methoxy groups -OCH3 is 2. The number of hydrogen-bond acceptors (Lipinski definition) is 5. The molecule has 2 atom stereocenters.